The largest absolute Gasteiger partial charge is 0.433 e. The van der Waals surface area contributed by atoms with Crippen molar-refractivity contribution < 1.29 is 27.8 Å². The first-order valence-corrected chi connectivity index (χ1v) is 10.5. The maximum absolute atomic E-state index is 13.0. The molecule has 1 atom stereocenters. The third kappa shape index (κ3) is 6.11. The minimum absolute atomic E-state index is 0.127. The summed E-state index contributed by atoms with van der Waals surface area (Å²) in [7, 11) is 0. The monoisotopic (exact) mass is 440 g/mol. The topological polar surface area (TPSA) is 97.1 Å². The van der Waals surface area contributed by atoms with Crippen molar-refractivity contribution in [3.63, 3.8) is 0 Å². The highest BCUT2D eigenvalue weighted by molar-refractivity contribution is 5.98. The molecule has 0 spiro atoms. The fourth-order valence-electron chi connectivity index (χ4n) is 3.76. The molecule has 0 aromatic heterocycles. The number of nitrogens with two attached hydrogens (primary N) is 1. The van der Waals surface area contributed by atoms with Crippen molar-refractivity contribution >= 4 is 23.2 Å². The van der Waals surface area contributed by atoms with E-state index in [1.807, 2.05) is 0 Å². The number of alkyl halides is 2. The molecule has 1 aliphatic carbocycles. The lowest BCUT2D eigenvalue weighted by Crippen LogP contribution is -2.50. The smallest absolute Gasteiger partial charge is 0.387 e. The van der Waals surface area contributed by atoms with Gasteiger partial charge >= 0.3 is 6.61 Å². The van der Waals surface area contributed by atoms with Crippen LogP contribution >= 0.6 is 0 Å². The van der Waals surface area contributed by atoms with Gasteiger partial charge in [-0.25, -0.2) is 0 Å². The molecule has 1 aromatic rings. The minimum Gasteiger partial charge on any atom is -0.433 e. The van der Waals surface area contributed by atoms with Gasteiger partial charge in [0.25, 0.3) is 5.91 Å². The average Bonchev–Trinajstić information content (AvgIpc) is 3.53. The second kappa shape index (κ2) is 10.3. The Labute approximate surface area is 180 Å². The van der Waals surface area contributed by atoms with Crippen LogP contribution in [0.15, 0.2) is 18.2 Å². The van der Waals surface area contributed by atoms with Crippen LogP contribution in [0.5, 0.6) is 5.75 Å². The number of morpholine rings is 1. The van der Waals surface area contributed by atoms with E-state index in [9.17, 15) is 18.4 Å². The Morgan fingerprint density at radius 2 is 2.13 bits per heavy atom. The van der Waals surface area contributed by atoms with Crippen molar-refractivity contribution in [3.05, 3.63) is 18.2 Å². The number of anilines is 2. The molecule has 1 saturated heterocycles. The number of nitrogens with one attached hydrogen (secondary N) is 1. The Kier molecular flexibility index (Phi) is 7.79. The minimum atomic E-state index is -3.07. The molecule has 8 nitrogen and oxygen atoms in total. The highest BCUT2D eigenvalue weighted by atomic mass is 19.3. The summed E-state index contributed by atoms with van der Waals surface area (Å²) in [6.45, 7) is 2.38. The highest BCUT2D eigenvalue weighted by Crippen LogP contribution is 2.34. The van der Waals surface area contributed by atoms with Gasteiger partial charge in [-0.2, -0.15) is 8.78 Å². The molecule has 1 heterocycles. The second-order valence-electron chi connectivity index (χ2n) is 8.22. The number of carbonyl (C=O) groups excluding carboxylic acids is 2. The first-order valence-electron chi connectivity index (χ1n) is 10.5. The third-order valence-corrected chi connectivity index (χ3v) is 5.24. The number of ether oxygens (including phenoxy) is 2. The van der Waals surface area contributed by atoms with E-state index in [4.69, 9.17) is 10.5 Å². The van der Waals surface area contributed by atoms with Crippen molar-refractivity contribution in [2.45, 2.75) is 45.4 Å². The van der Waals surface area contributed by atoms with Gasteiger partial charge in [0.1, 0.15) is 12.6 Å². The van der Waals surface area contributed by atoms with Gasteiger partial charge in [0, 0.05) is 37.4 Å². The number of hydrogen-bond acceptors (Lipinski definition) is 6. The van der Waals surface area contributed by atoms with Crippen LogP contribution in [0.2, 0.25) is 0 Å². The number of hydrogen-bond donors (Lipinski definition) is 2. The van der Waals surface area contributed by atoms with Crippen molar-refractivity contribution in [1.82, 2.24) is 4.90 Å². The summed E-state index contributed by atoms with van der Waals surface area (Å²) in [5.41, 5.74) is 6.42. The maximum atomic E-state index is 13.0. The van der Waals surface area contributed by atoms with E-state index >= 15 is 0 Å². The predicted octanol–water partition coefficient (Wildman–Crippen LogP) is 2.04. The van der Waals surface area contributed by atoms with E-state index < -0.39 is 12.7 Å². The predicted molar refractivity (Wildman–Crippen MR) is 112 cm³/mol. The number of rotatable bonds is 10. The Balaban J connectivity index is 1.79. The summed E-state index contributed by atoms with van der Waals surface area (Å²) in [6, 6.07) is 4.18. The molecular formula is C21H30F2N4O4. The molecule has 1 aliphatic heterocycles. The molecule has 2 amide bonds. The highest BCUT2D eigenvalue weighted by Gasteiger charge is 2.37. The number of carbonyl (C=O) groups is 2. The van der Waals surface area contributed by atoms with Gasteiger partial charge in [0.15, 0.2) is 5.75 Å². The maximum Gasteiger partial charge on any atom is 0.387 e. The third-order valence-electron chi connectivity index (χ3n) is 5.24. The lowest BCUT2D eigenvalue weighted by molar-refractivity contribution is -0.126. The van der Waals surface area contributed by atoms with E-state index in [2.05, 4.69) is 28.8 Å². The molecule has 31 heavy (non-hydrogen) atoms. The normalized spacial score (nSPS) is 18.1. The Bertz CT molecular complexity index is 789. The van der Waals surface area contributed by atoms with Crippen LogP contribution in [0.3, 0.4) is 0 Å². The van der Waals surface area contributed by atoms with Crippen LogP contribution in [0, 0.1) is 5.92 Å². The van der Waals surface area contributed by atoms with E-state index in [1.54, 1.807) is 6.07 Å². The number of halogens is 2. The number of nitrogens with zero attached hydrogens (tertiary/aromatic N) is 2. The first-order chi connectivity index (χ1) is 14.8. The molecule has 1 aromatic carbocycles. The molecular weight excluding hydrogens is 410 g/mol. The van der Waals surface area contributed by atoms with Gasteiger partial charge in [-0.3, -0.25) is 14.5 Å². The number of amides is 2. The Morgan fingerprint density at radius 3 is 2.71 bits per heavy atom. The number of benzene rings is 1. The van der Waals surface area contributed by atoms with Crippen molar-refractivity contribution in [1.29, 1.82) is 0 Å². The lowest BCUT2D eigenvalue weighted by Gasteiger charge is -2.31. The second-order valence-corrected chi connectivity index (χ2v) is 8.22. The molecule has 0 bridgehead atoms. The molecule has 10 heteroatoms. The molecule has 0 radical (unpaired) electrons. The van der Waals surface area contributed by atoms with Gasteiger partial charge in [-0.1, -0.05) is 13.8 Å². The van der Waals surface area contributed by atoms with Crippen molar-refractivity contribution in [2.24, 2.45) is 11.7 Å². The molecule has 2 aliphatic rings. The summed E-state index contributed by atoms with van der Waals surface area (Å²) in [5, 5.41) is 2.77. The lowest BCUT2D eigenvalue weighted by atomic mass is 10.1. The van der Waals surface area contributed by atoms with E-state index in [-0.39, 0.29) is 42.9 Å². The first kappa shape index (κ1) is 23.4. The van der Waals surface area contributed by atoms with Crippen LogP contribution < -0.4 is 20.7 Å². The summed E-state index contributed by atoms with van der Waals surface area (Å²) in [5.74, 6) is -0.459. The van der Waals surface area contributed by atoms with E-state index in [0.717, 1.165) is 19.4 Å². The molecule has 3 rings (SSSR count). The summed E-state index contributed by atoms with van der Waals surface area (Å²) in [6.07, 6.45) is 2.07. The van der Waals surface area contributed by atoms with Crippen LogP contribution in [0.1, 0.15) is 26.7 Å². The van der Waals surface area contributed by atoms with E-state index in [1.165, 1.54) is 17.0 Å². The van der Waals surface area contributed by atoms with Crippen LogP contribution in [-0.4, -0.2) is 68.3 Å². The molecule has 3 N–H and O–H groups in total. The van der Waals surface area contributed by atoms with Crippen molar-refractivity contribution in [3.8, 4) is 5.75 Å². The standard InChI is InChI=1S/C21H30F2N4O4/c1-13(2)11-27(15-4-5-15)17(10-24)20(29)25-14-3-6-16(18(9-14)31-21(22)23)26-7-8-30-12-19(26)28/h3,6,9,13,15,17,21H,4-5,7-8,10-12,24H2,1-2H3,(H,25,29)/t17-/m0/s1. The zero-order valence-corrected chi connectivity index (χ0v) is 17.9. The fourth-order valence-corrected chi connectivity index (χ4v) is 3.76. The summed E-state index contributed by atoms with van der Waals surface area (Å²) >= 11 is 0. The zero-order valence-electron chi connectivity index (χ0n) is 17.9. The molecule has 1 saturated carbocycles. The average molecular weight is 440 g/mol. The van der Waals surface area contributed by atoms with Gasteiger partial charge < -0.3 is 25.4 Å². The van der Waals surface area contributed by atoms with Gasteiger partial charge in [-0.15, -0.1) is 0 Å². The molecule has 172 valence electrons. The molecule has 2 fully saturated rings. The van der Waals surface area contributed by atoms with Crippen LogP contribution in [-0.2, 0) is 14.3 Å². The summed E-state index contributed by atoms with van der Waals surface area (Å²) < 4.78 is 35.7. The Morgan fingerprint density at radius 1 is 1.39 bits per heavy atom. The van der Waals surface area contributed by atoms with Gasteiger partial charge in [0.2, 0.25) is 5.91 Å². The van der Waals surface area contributed by atoms with Gasteiger partial charge in [-0.05, 0) is 30.9 Å². The van der Waals surface area contributed by atoms with E-state index in [0.29, 0.717) is 24.3 Å². The molecule has 0 unspecified atom stereocenters. The van der Waals surface area contributed by atoms with Crippen LogP contribution in [0.4, 0.5) is 20.2 Å². The van der Waals surface area contributed by atoms with Crippen LogP contribution in [0.25, 0.3) is 0 Å². The quantitative estimate of drug-likeness (QED) is 0.578. The summed E-state index contributed by atoms with van der Waals surface area (Å²) in [4.78, 5) is 28.6. The Hall–Kier alpha value is -2.30. The fraction of sp³-hybridized carbons (Fsp3) is 0.619. The van der Waals surface area contributed by atoms with Gasteiger partial charge in [0.05, 0.1) is 12.3 Å². The zero-order chi connectivity index (χ0) is 22.5. The van der Waals surface area contributed by atoms with Crippen molar-refractivity contribution in [2.75, 3.05) is 43.1 Å². The SMILES string of the molecule is CC(C)CN(C1CC1)[C@@H](CN)C(=O)Nc1ccc(N2CCOCC2=O)c(OC(F)F)c1.